The molecule has 3 rings (SSSR count). The van der Waals surface area contributed by atoms with Crippen molar-refractivity contribution in [3.63, 3.8) is 0 Å². The molecule has 1 aromatic rings. The summed E-state index contributed by atoms with van der Waals surface area (Å²) in [5.41, 5.74) is -2.01. The zero-order valence-corrected chi connectivity index (χ0v) is 14.5. The highest BCUT2D eigenvalue weighted by Crippen LogP contribution is 2.34. The van der Waals surface area contributed by atoms with Crippen LogP contribution < -0.4 is 5.32 Å². The number of carbonyl (C=O) groups excluding carboxylic acids is 3. The third kappa shape index (κ3) is 3.46. The molecule has 2 aliphatic heterocycles. The lowest BCUT2D eigenvalue weighted by atomic mass is 10.1. The fourth-order valence-corrected chi connectivity index (χ4v) is 2.93. The summed E-state index contributed by atoms with van der Waals surface area (Å²) in [6.07, 6.45) is -2.03. The van der Waals surface area contributed by atoms with Crippen molar-refractivity contribution >= 4 is 35.4 Å². The Morgan fingerprint density at radius 3 is 2.52 bits per heavy atom. The monoisotopic (exact) mass is 398 g/mol. The Hall–Kier alpha value is -2.69. The number of halogens is 1. The van der Waals surface area contributed by atoms with Crippen LogP contribution in [0.15, 0.2) is 24.3 Å². The number of hydrogen-bond acceptors (Lipinski definition) is 7. The van der Waals surface area contributed by atoms with E-state index in [9.17, 15) is 29.4 Å². The van der Waals surface area contributed by atoms with E-state index in [1.807, 2.05) is 0 Å². The molecule has 0 saturated carbocycles. The summed E-state index contributed by atoms with van der Waals surface area (Å²) in [5, 5.41) is 22.7. The Kier molecular flexibility index (Phi) is 5.05. The fourth-order valence-electron chi connectivity index (χ4n) is 2.80. The smallest absolute Gasteiger partial charge is 0.372 e. The second kappa shape index (κ2) is 7.14. The molecule has 2 aliphatic rings. The van der Waals surface area contributed by atoms with E-state index in [2.05, 4.69) is 5.32 Å². The molecule has 0 bridgehead atoms. The van der Waals surface area contributed by atoms with Gasteiger partial charge in [0.1, 0.15) is 12.6 Å². The van der Waals surface area contributed by atoms with E-state index in [1.54, 1.807) is 0 Å². The molecule has 2 saturated heterocycles. The molecule has 144 valence electrons. The highest BCUT2D eigenvalue weighted by atomic mass is 35.5. The Labute approximate surface area is 157 Å². The Bertz CT molecular complexity index is 798. The summed E-state index contributed by atoms with van der Waals surface area (Å²) in [7, 11) is 0. The van der Waals surface area contributed by atoms with Gasteiger partial charge in [-0.15, -0.1) is 0 Å². The number of ether oxygens (including phenoxy) is 1. The number of cyclic esters (lactones) is 1. The fraction of sp³-hybridized carbons (Fsp3) is 0.375. The summed E-state index contributed by atoms with van der Waals surface area (Å²) in [4.78, 5) is 52.7. The number of aliphatic hydroxyl groups excluding tert-OH is 1. The number of hydroxylamine groups is 2. The first-order valence-corrected chi connectivity index (χ1v) is 8.28. The van der Waals surface area contributed by atoms with Gasteiger partial charge in [0, 0.05) is 11.4 Å². The van der Waals surface area contributed by atoms with E-state index >= 15 is 0 Å². The van der Waals surface area contributed by atoms with E-state index < -0.39 is 41.6 Å². The number of aliphatic hydroxyl groups is 1. The standard InChI is InChI=1S/C16H15ClN2O8/c17-9-3-1-8(2-4-9)12(21)13(22)18-10-7-26-19(14(10)23)16(15(24)25)6-5-11(20)27-16/h1-4,10,12,21H,5-7H2,(H,18,22)(H,24,25)/t10-,12?,16?/m0/s1. The van der Waals surface area contributed by atoms with Gasteiger partial charge in [-0.1, -0.05) is 23.7 Å². The first-order valence-electron chi connectivity index (χ1n) is 7.91. The quantitative estimate of drug-likeness (QED) is 0.576. The highest BCUT2D eigenvalue weighted by molar-refractivity contribution is 6.30. The first kappa shape index (κ1) is 19.1. The van der Waals surface area contributed by atoms with Crippen LogP contribution in [0.4, 0.5) is 0 Å². The van der Waals surface area contributed by atoms with Crippen LogP contribution in [0.1, 0.15) is 24.5 Å². The molecule has 10 nitrogen and oxygen atoms in total. The van der Waals surface area contributed by atoms with Crippen molar-refractivity contribution in [2.24, 2.45) is 0 Å². The molecule has 2 heterocycles. The van der Waals surface area contributed by atoms with Crippen LogP contribution in [-0.4, -0.2) is 57.4 Å². The van der Waals surface area contributed by atoms with Gasteiger partial charge in [-0.2, -0.15) is 5.06 Å². The van der Waals surface area contributed by atoms with Crippen LogP contribution in [0.2, 0.25) is 5.02 Å². The molecular weight excluding hydrogens is 384 g/mol. The predicted molar refractivity (Wildman–Crippen MR) is 86.8 cm³/mol. The zero-order chi connectivity index (χ0) is 19.8. The topological polar surface area (TPSA) is 142 Å². The summed E-state index contributed by atoms with van der Waals surface area (Å²) in [6.45, 7) is -0.371. The maximum Gasteiger partial charge on any atom is 0.372 e. The average molecular weight is 399 g/mol. The predicted octanol–water partition coefficient (Wildman–Crippen LogP) is -0.250. The molecule has 2 unspecified atom stereocenters. The molecule has 2 fully saturated rings. The van der Waals surface area contributed by atoms with Gasteiger partial charge in [0.2, 0.25) is 0 Å². The normalized spacial score (nSPS) is 26.0. The summed E-state index contributed by atoms with van der Waals surface area (Å²) in [5.74, 6) is -4.12. The molecule has 0 radical (unpaired) electrons. The van der Waals surface area contributed by atoms with Crippen molar-refractivity contribution in [1.29, 1.82) is 0 Å². The second-order valence-corrected chi connectivity index (χ2v) is 6.44. The maximum atomic E-state index is 12.5. The van der Waals surface area contributed by atoms with Gasteiger partial charge in [0.25, 0.3) is 11.8 Å². The lowest BCUT2D eigenvalue weighted by Crippen LogP contribution is -2.56. The molecule has 0 aromatic heterocycles. The number of nitrogens with zero attached hydrogens (tertiary/aromatic N) is 1. The number of nitrogens with one attached hydrogen (secondary N) is 1. The van der Waals surface area contributed by atoms with Crippen LogP contribution in [0.25, 0.3) is 0 Å². The molecule has 0 aliphatic carbocycles. The molecule has 3 N–H and O–H groups in total. The second-order valence-electron chi connectivity index (χ2n) is 6.01. The van der Waals surface area contributed by atoms with Crippen molar-refractivity contribution < 1.29 is 39.0 Å². The van der Waals surface area contributed by atoms with Gasteiger partial charge in [0.15, 0.2) is 6.10 Å². The number of carboxylic acids is 1. The Morgan fingerprint density at radius 1 is 1.30 bits per heavy atom. The number of carbonyl (C=O) groups is 4. The number of esters is 1. The molecule has 3 atom stereocenters. The lowest BCUT2D eigenvalue weighted by molar-refractivity contribution is -0.256. The Balaban J connectivity index is 1.70. The van der Waals surface area contributed by atoms with Gasteiger partial charge in [-0.3, -0.25) is 19.2 Å². The first-order chi connectivity index (χ1) is 12.7. The van der Waals surface area contributed by atoms with Gasteiger partial charge in [0.05, 0.1) is 6.42 Å². The lowest BCUT2D eigenvalue weighted by Gasteiger charge is -2.30. The molecule has 27 heavy (non-hydrogen) atoms. The van der Waals surface area contributed by atoms with Crippen LogP contribution in [0.3, 0.4) is 0 Å². The van der Waals surface area contributed by atoms with Crippen molar-refractivity contribution in [2.45, 2.75) is 30.7 Å². The van der Waals surface area contributed by atoms with E-state index in [0.29, 0.717) is 10.1 Å². The number of rotatable bonds is 5. The van der Waals surface area contributed by atoms with Gasteiger partial charge in [-0.05, 0) is 17.7 Å². The summed E-state index contributed by atoms with van der Waals surface area (Å²) >= 11 is 5.75. The van der Waals surface area contributed by atoms with E-state index in [1.165, 1.54) is 24.3 Å². The minimum absolute atomic E-state index is 0.189. The molecule has 1 aromatic carbocycles. The van der Waals surface area contributed by atoms with Gasteiger partial charge >= 0.3 is 17.7 Å². The van der Waals surface area contributed by atoms with Crippen molar-refractivity contribution in [1.82, 2.24) is 10.4 Å². The Morgan fingerprint density at radius 2 is 1.96 bits per heavy atom. The van der Waals surface area contributed by atoms with Crippen LogP contribution in [-0.2, 0) is 28.8 Å². The van der Waals surface area contributed by atoms with Crippen LogP contribution in [0.5, 0.6) is 0 Å². The van der Waals surface area contributed by atoms with Crippen LogP contribution in [0, 0.1) is 0 Å². The largest absolute Gasteiger partial charge is 0.477 e. The number of benzene rings is 1. The minimum Gasteiger partial charge on any atom is -0.477 e. The van der Waals surface area contributed by atoms with Crippen molar-refractivity contribution in [2.75, 3.05) is 6.61 Å². The molecule has 2 amide bonds. The summed E-state index contributed by atoms with van der Waals surface area (Å²) in [6, 6.07) is 4.63. The highest BCUT2D eigenvalue weighted by Gasteiger charge is 2.59. The minimum atomic E-state index is -2.26. The van der Waals surface area contributed by atoms with Crippen molar-refractivity contribution in [3.8, 4) is 0 Å². The molecule has 0 spiro atoms. The maximum absolute atomic E-state index is 12.5. The van der Waals surface area contributed by atoms with E-state index in [4.69, 9.17) is 21.2 Å². The van der Waals surface area contributed by atoms with Crippen LogP contribution >= 0.6 is 11.6 Å². The molecular formula is C16H15ClN2O8. The molecule has 11 heteroatoms. The number of amides is 2. The number of hydrogen-bond donors (Lipinski definition) is 3. The average Bonchev–Trinajstić information content (AvgIpc) is 3.19. The number of aliphatic carboxylic acids is 1. The zero-order valence-electron chi connectivity index (χ0n) is 13.8. The van der Waals surface area contributed by atoms with Crippen molar-refractivity contribution in [3.05, 3.63) is 34.9 Å². The summed E-state index contributed by atoms with van der Waals surface area (Å²) < 4.78 is 4.81. The van der Waals surface area contributed by atoms with E-state index in [0.717, 1.165) is 0 Å². The van der Waals surface area contributed by atoms with Gasteiger partial charge < -0.3 is 20.3 Å². The number of carboxylic acid groups (broad SMARTS) is 1. The van der Waals surface area contributed by atoms with Gasteiger partial charge in [-0.25, -0.2) is 4.79 Å². The third-order valence-corrected chi connectivity index (χ3v) is 4.48. The third-order valence-electron chi connectivity index (χ3n) is 4.23. The van der Waals surface area contributed by atoms with E-state index in [-0.39, 0.29) is 25.0 Å². The SMILES string of the molecule is O=C1CCC(C(=O)O)(N2OC[C@H](NC(=O)C(O)c3ccc(Cl)cc3)C2=O)O1.